The second-order valence-corrected chi connectivity index (χ2v) is 6.04. The Morgan fingerprint density at radius 2 is 1.62 bits per heavy atom. The minimum atomic E-state index is -5.03. The largest absolute Gasteiger partial charge is 0.416 e. The van der Waals surface area contributed by atoms with Gasteiger partial charge in [0.05, 0.1) is 17.7 Å². The summed E-state index contributed by atoms with van der Waals surface area (Å²) >= 11 is 0. The van der Waals surface area contributed by atoms with Gasteiger partial charge in [-0.25, -0.2) is 9.67 Å². The number of amides is 1. The fraction of sp³-hybridized carbons (Fsp3) is 0.167. The maximum Gasteiger partial charge on any atom is 0.416 e. The third kappa shape index (κ3) is 5.12. The number of hydrogen-bond donors (Lipinski definition) is 1. The molecule has 0 fully saturated rings. The lowest BCUT2D eigenvalue weighted by molar-refractivity contribution is -0.143. The summed E-state index contributed by atoms with van der Waals surface area (Å²) in [5.41, 5.74) is -2.98. The molecule has 2 aromatic carbocycles. The molecule has 0 aliphatic carbocycles. The summed E-state index contributed by atoms with van der Waals surface area (Å²) in [6.45, 7) is 0.311. The van der Waals surface area contributed by atoms with Crippen LogP contribution in [-0.2, 0) is 18.9 Å². The molecule has 0 aliphatic rings. The van der Waals surface area contributed by atoms with Crippen molar-refractivity contribution in [3.05, 3.63) is 77.4 Å². The van der Waals surface area contributed by atoms with Gasteiger partial charge in [0.1, 0.15) is 12.7 Å². The first kappa shape index (κ1) is 20.4. The van der Waals surface area contributed by atoms with Crippen LogP contribution >= 0.6 is 0 Å². The predicted octanol–water partition coefficient (Wildman–Crippen LogP) is 4.62. The highest BCUT2D eigenvalue weighted by Gasteiger charge is 2.37. The van der Waals surface area contributed by atoms with Crippen LogP contribution in [0.15, 0.2) is 55.1 Å². The lowest BCUT2D eigenvalue weighted by Crippen LogP contribution is -2.17. The molecule has 5 nitrogen and oxygen atoms in total. The zero-order valence-electron chi connectivity index (χ0n) is 14.4. The van der Waals surface area contributed by atoms with Crippen LogP contribution in [0.5, 0.6) is 0 Å². The Morgan fingerprint density at radius 1 is 0.966 bits per heavy atom. The molecule has 1 N–H and O–H groups in total. The maximum absolute atomic E-state index is 12.9. The number of anilines is 1. The molecule has 0 saturated heterocycles. The third-order valence-electron chi connectivity index (χ3n) is 3.85. The van der Waals surface area contributed by atoms with Gasteiger partial charge in [0, 0.05) is 11.3 Å². The van der Waals surface area contributed by atoms with E-state index in [0.29, 0.717) is 24.2 Å². The van der Waals surface area contributed by atoms with E-state index < -0.39 is 35.0 Å². The molecule has 0 spiro atoms. The van der Waals surface area contributed by atoms with E-state index in [1.54, 1.807) is 12.1 Å². The van der Waals surface area contributed by atoms with Crippen molar-refractivity contribution in [3.8, 4) is 0 Å². The van der Waals surface area contributed by atoms with Crippen molar-refractivity contribution in [2.45, 2.75) is 18.9 Å². The number of carbonyl (C=O) groups excluding carboxylic acids is 1. The van der Waals surface area contributed by atoms with Gasteiger partial charge in [0.2, 0.25) is 0 Å². The Balaban J connectivity index is 1.87. The minimum Gasteiger partial charge on any atom is -0.322 e. The Kier molecular flexibility index (Phi) is 5.31. The number of alkyl halides is 6. The van der Waals surface area contributed by atoms with Gasteiger partial charge in [-0.2, -0.15) is 31.4 Å². The Morgan fingerprint density at radius 3 is 2.17 bits per heavy atom. The molecule has 11 heteroatoms. The number of nitrogens with zero attached hydrogens (tertiary/aromatic N) is 3. The highest BCUT2D eigenvalue weighted by Crippen LogP contribution is 2.36. The number of nitrogens with one attached hydrogen (secondary N) is 1. The summed E-state index contributed by atoms with van der Waals surface area (Å²) < 4.78 is 79.2. The average molecular weight is 414 g/mol. The van der Waals surface area contributed by atoms with Crippen LogP contribution in [0.25, 0.3) is 0 Å². The summed E-state index contributed by atoms with van der Waals surface area (Å²) in [6, 6.07) is 7.00. The summed E-state index contributed by atoms with van der Waals surface area (Å²) in [5, 5.41) is 6.24. The Labute approximate surface area is 160 Å². The van der Waals surface area contributed by atoms with E-state index in [1.165, 1.54) is 29.5 Å². The minimum absolute atomic E-state index is 0.0322. The maximum atomic E-state index is 12.9. The molecule has 1 amide bonds. The highest BCUT2D eigenvalue weighted by molar-refractivity contribution is 6.04. The van der Waals surface area contributed by atoms with Gasteiger partial charge < -0.3 is 5.32 Å². The monoisotopic (exact) mass is 414 g/mol. The SMILES string of the molecule is O=C(Nc1cccc(Cn2cncn2)c1)c1cc(C(F)(F)F)cc(C(F)(F)F)c1. The van der Waals surface area contributed by atoms with Crippen LogP contribution in [0.3, 0.4) is 0 Å². The van der Waals surface area contributed by atoms with E-state index in [0.717, 1.165) is 0 Å². The molecule has 1 heterocycles. The van der Waals surface area contributed by atoms with E-state index in [-0.39, 0.29) is 11.8 Å². The number of carbonyl (C=O) groups is 1. The first-order chi connectivity index (χ1) is 13.5. The quantitative estimate of drug-likeness (QED) is 0.634. The lowest BCUT2D eigenvalue weighted by atomic mass is 10.0. The van der Waals surface area contributed by atoms with Gasteiger partial charge >= 0.3 is 12.4 Å². The van der Waals surface area contributed by atoms with Crippen molar-refractivity contribution >= 4 is 11.6 Å². The van der Waals surface area contributed by atoms with Crippen molar-refractivity contribution in [1.29, 1.82) is 0 Å². The number of rotatable bonds is 4. The van der Waals surface area contributed by atoms with Crippen LogP contribution in [0, 0.1) is 0 Å². The smallest absolute Gasteiger partial charge is 0.322 e. The highest BCUT2D eigenvalue weighted by atomic mass is 19.4. The first-order valence-electron chi connectivity index (χ1n) is 8.04. The molecule has 152 valence electrons. The summed E-state index contributed by atoms with van der Waals surface area (Å²) in [7, 11) is 0. The molecular formula is C18H12F6N4O. The molecule has 0 radical (unpaired) electrons. The van der Waals surface area contributed by atoms with Crippen LogP contribution in [0.4, 0.5) is 32.0 Å². The van der Waals surface area contributed by atoms with E-state index in [9.17, 15) is 31.1 Å². The van der Waals surface area contributed by atoms with Crippen LogP contribution in [0.2, 0.25) is 0 Å². The van der Waals surface area contributed by atoms with Crippen molar-refractivity contribution in [3.63, 3.8) is 0 Å². The fourth-order valence-electron chi connectivity index (χ4n) is 2.54. The summed E-state index contributed by atoms with van der Waals surface area (Å²) in [6.07, 6.45) is -7.27. The van der Waals surface area contributed by atoms with E-state index in [2.05, 4.69) is 15.4 Å². The number of aromatic nitrogens is 3. The van der Waals surface area contributed by atoms with E-state index >= 15 is 0 Å². The Bertz CT molecular complexity index is 980. The van der Waals surface area contributed by atoms with Crippen LogP contribution < -0.4 is 5.32 Å². The van der Waals surface area contributed by atoms with Crippen molar-refractivity contribution in [2.75, 3.05) is 5.32 Å². The zero-order valence-corrected chi connectivity index (χ0v) is 14.4. The molecule has 0 atom stereocenters. The number of benzene rings is 2. The van der Waals surface area contributed by atoms with Gasteiger partial charge in [-0.3, -0.25) is 4.79 Å². The van der Waals surface area contributed by atoms with Gasteiger partial charge in [-0.05, 0) is 35.9 Å². The number of halogens is 6. The van der Waals surface area contributed by atoms with Gasteiger partial charge in [-0.15, -0.1) is 0 Å². The lowest BCUT2D eigenvalue weighted by Gasteiger charge is -2.14. The topological polar surface area (TPSA) is 59.8 Å². The standard InChI is InChI=1S/C18H12F6N4O/c19-17(20,21)13-5-12(6-14(7-13)18(22,23)24)16(29)27-15-3-1-2-11(4-15)8-28-10-25-9-26-28/h1-7,9-10H,8H2,(H,27,29). The second-order valence-electron chi connectivity index (χ2n) is 6.04. The third-order valence-corrected chi connectivity index (χ3v) is 3.85. The molecule has 0 unspecified atom stereocenters. The van der Waals surface area contributed by atoms with E-state index in [4.69, 9.17) is 0 Å². The van der Waals surface area contributed by atoms with Crippen LogP contribution in [-0.4, -0.2) is 20.7 Å². The second kappa shape index (κ2) is 7.57. The van der Waals surface area contributed by atoms with Gasteiger partial charge in [0.15, 0.2) is 0 Å². The fourth-order valence-corrected chi connectivity index (χ4v) is 2.54. The number of hydrogen-bond acceptors (Lipinski definition) is 3. The molecule has 1 aromatic heterocycles. The summed E-state index contributed by atoms with van der Waals surface area (Å²) in [5.74, 6) is -1.10. The van der Waals surface area contributed by atoms with E-state index in [1.807, 2.05) is 0 Å². The molecule has 0 aliphatic heterocycles. The van der Waals surface area contributed by atoms with Gasteiger partial charge in [0.25, 0.3) is 5.91 Å². The molecule has 3 rings (SSSR count). The average Bonchev–Trinajstić information content (AvgIpc) is 3.13. The molecule has 0 bridgehead atoms. The summed E-state index contributed by atoms with van der Waals surface area (Å²) in [4.78, 5) is 16.1. The first-order valence-corrected chi connectivity index (χ1v) is 8.04. The van der Waals surface area contributed by atoms with Crippen LogP contribution in [0.1, 0.15) is 27.0 Å². The van der Waals surface area contributed by atoms with Crippen molar-refractivity contribution < 1.29 is 31.1 Å². The Hall–Kier alpha value is -3.37. The van der Waals surface area contributed by atoms with Gasteiger partial charge in [-0.1, -0.05) is 12.1 Å². The van der Waals surface area contributed by atoms with Crippen molar-refractivity contribution in [1.82, 2.24) is 14.8 Å². The van der Waals surface area contributed by atoms with Crippen molar-refractivity contribution in [2.24, 2.45) is 0 Å². The molecule has 3 aromatic rings. The normalized spacial score (nSPS) is 12.1. The molecule has 29 heavy (non-hydrogen) atoms. The predicted molar refractivity (Wildman–Crippen MR) is 90.0 cm³/mol. The zero-order chi connectivity index (χ0) is 21.2. The molecular weight excluding hydrogens is 402 g/mol. The molecule has 0 saturated carbocycles.